The van der Waals surface area contributed by atoms with Gasteiger partial charge in [-0.05, 0) is 19.4 Å². The summed E-state index contributed by atoms with van der Waals surface area (Å²) in [6.07, 6.45) is 0. The fraction of sp³-hybridized carbons (Fsp3) is 0.467. The fourth-order valence-corrected chi connectivity index (χ4v) is 1.75. The summed E-state index contributed by atoms with van der Waals surface area (Å²) < 4.78 is 5.01. The van der Waals surface area contributed by atoms with Gasteiger partial charge in [0.15, 0.2) is 0 Å². The zero-order chi connectivity index (χ0) is 14.3. The molecule has 0 aliphatic rings. The molecule has 4 nitrogen and oxygen atoms in total. The number of ketones is 1. The van der Waals surface area contributed by atoms with Crippen LogP contribution in [0.4, 0.5) is 0 Å². The number of carbonyl (C=O) groups excluding carboxylic acids is 2. The third-order valence-corrected chi connectivity index (χ3v) is 3.05. The molecule has 2 atom stereocenters. The van der Waals surface area contributed by atoms with E-state index in [-0.39, 0.29) is 11.8 Å². The summed E-state index contributed by atoms with van der Waals surface area (Å²) in [6, 6.07) is 9.14. The molecule has 0 radical (unpaired) electrons. The maximum absolute atomic E-state index is 11.9. The number of nitrogens with one attached hydrogen (secondary N) is 1. The first-order valence-electron chi connectivity index (χ1n) is 6.50. The van der Waals surface area contributed by atoms with Gasteiger partial charge in [-0.2, -0.15) is 0 Å². The third kappa shape index (κ3) is 4.83. The Bertz CT molecular complexity index is 417. The maximum Gasteiger partial charge on any atom is 0.323 e. The van der Waals surface area contributed by atoms with Gasteiger partial charge >= 0.3 is 5.97 Å². The van der Waals surface area contributed by atoms with Crippen LogP contribution in [-0.4, -0.2) is 24.4 Å². The average Bonchev–Trinajstić information content (AvgIpc) is 2.40. The van der Waals surface area contributed by atoms with E-state index in [9.17, 15) is 9.59 Å². The van der Waals surface area contributed by atoms with E-state index in [1.54, 1.807) is 13.8 Å². The Balaban J connectivity index is 2.69. The van der Waals surface area contributed by atoms with Crippen LogP contribution in [0.15, 0.2) is 30.3 Å². The van der Waals surface area contributed by atoms with Gasteiger partial charge in [0.1, 0.15) is 11.8 Å². The largest absolute Gasteiger partial charge is 0.465 e. The predicted octanol–water partition coefficient (Wildman–Crippen LogP) is 1.93. The van der Waals surface area contributed by atoms with Crippen LogP contribution in [0.2, 0.25) is 0 Å². The van der Waals surface area contributed by atoms with E-state index in [1.807, 2.05) is 30.3 Å². The van der Waals surface area contributed by atoms with Gasteiger partial charge in [-0.1, -0.05) is 37.3 Å². The molecule has 19 heavy (non-hydrogen) atoms. The molecule has 1 aromatic rings. The van der Waals surface area contributed by atoms with Crippen molar-refractivity contribution < 1.29 is 14.3 Å². The Kier molecular flexibility index (Phi) is 6.22. The SMILES string of the molecule is CCOC(=O)[C@@H](NCc1ccccc1)[C@H](C)C(C)=O. The number of rotatable bonds is 7. The van der Waals surface area contributed by atoms with Gasteiger partial charge in [-0.25, -0.2) is 0 Å². The summed E-state index contributed by atoms with van der Waals surface area (Å²) in [6.45, 7) is 5.82. The Morgan fingerprint density at radius 2 is 1.89 bits per heavy atom. The van der Waals surface area contributed by atoms with E-state index in [1.165, 1.54) is 6.92 Å². The highest BCUT2D eigenvalue weighted by atomic mass is 16.5. The third-order valence-electron chi connectivity index (χ3n) is 3.05. The van der Waals surface area contributed by atoms with Crippen molar-refractivity contribution in [3.8, 4) is 0 Å². The average molecular weight is 263 g/mol. The normalized spacial score (nSPS) is 13.6. The number of Topliss-reactive ketones (excluding diaryl/α,β-unsaturated/α-hetero) is 1. The number of esters is 1. The molecule has 0 aromatic heterocycles. The number of hydrogen-bond donors (Lipinski definition) is 1. The van der Waals surface area contributed by atoms with E-state index < -0.39 is 12.0 Å². The highest BCUT2D eigenvalue weighted by molar-refractivity contribution is 5.87. The van der Waals surface area contributed by atoms with Gasteiger partial charge in [0.2, 0.25) is 0 Å². The number of ether oxygens (including phenoxy) is 1. The lowest BCUT2D eigenvalue weighted by Gasteiger charge is -2.21. The standard InChI is InChI=1S/C15H21NO3/c1-4-19-15(18)14(11(2)12(3)17)16-10-13-8-6-5-7-9-13/h5-9,11,14,16H,4,10H2,1-3H3/t11-,14+/m1/s1. The van der Waals surface area contributed by atoms with Gasteiger partial charge < -0.3 is 4.74 Å². The van der Waals surface area contributed by atoms with Gasteiger partial charge in [0.05, 0.1) is 6.61 Å². The molecule has 4 heteroatoms. The van der Waals surface area contributed by atoms with Crippen molar-refractivity contribution in [3.63, 3.8) is 0 Å². The monoisotopic (exact) mass is 263 g/mol. The van der Waals surface area contributed by atoms with E-state index in [4.69, 9.17) is 4.74 Å². The molecule has 1 N–H and O–H groups in total. The van der Waals surface area contributed by atoms with E-state index >= 15 is 0 Å². The summed E-state index contributed by atoms with van der Waals surface area (Å²) in [5, 5.41) is 3.11. The summed E-state index contributed by atoms with van der Waals surface area (Å²) in [5.74, 6) is -0.803. The molecule has 0 aliphatic heterocycles. The lowest BCUT2D eigenvalue weighted by molar-refractivity contribution is -0.148. The van der Waals surface area contributed by atoms with E-state index in [2.05, 4.69) is 5.32 Å². The van der Waals surface area contributed by atoms with Crippen molar-refractivity contribution in [2.45, 2.75) is 33.4 Å². The van der Waals surface area contributed by atoms with Crippen LogP contribution < -0.4 is 5.32 Å². The smallest absolute Gasteiger partial charge is 0.323 e. The number of benzene rings is 1. The van der Waals surface area contributed by atoms with Crippen molar-refractivity contribution >= 4 is 11.8 Å². The second-order valence-corrected chi connectivity index (χ2v) is 4.50. The molecular formula is C15H21NO3. The molecule has 0 saturated heterocycles. The molecule has 0 heterocycles. The van der Waals surface area contributed by atoms with Crippen molar-refractivity contribution in [2.24, 2.45) is 5.92 Å². The molecule has 0 unspecified atom stereocenters. The summed E-state index contributed by atoms with van der Waals surface area (Å²) in [4.78, 5) is 23.3. The highest BCUT2D eigenvalue weighted by Crippen LogP contribution is 2.08. The summed E-state index contributed by atoms with van der Waals surface area (Å²) >= 11 is 0. The number of hydrogen-bond acceptors (Lipinski definition) is 4. The highest BCUT2D eigenvalue weighted by Gasteiger charge is 2.28. The molecule has 1 rings (SSSR count). The molecule has 0 bridgehead atoms. The molecule has 1 aromatic carbocycles. The Morgan fingerprint density at radius 3 is 2.42 bits per heavy atom. The minimum Gasteiger partial charge on any atom is -0.465 e. The van der Waals surface area contributed by atoms with Crippen LogP contribution in [0.25, 0.3) is 0 Å². The van der Waals surface area contributed by atoms with Crippen LogP contribution in [0.5, 0.6) is 0 Å². The molecular weight excluding hydrogens is 242 g/mol. The minimum absolute atomic E-state index is 0.0291. The Labute approximate surface area is 114 Å². The fourth-order valence-electron chi connectivity index (χ4n) is 1.75. The quantitative estimate of drug-likeness (QED) is 0.764. The number of carbonyl (C=O) groups is 2. The van der Waals surface area contributed by atoms with Gasteiger partial charge in [-0.3, -0.25) is 14.9 Å². The lowest BCUT2D eigenvalue weighted by Crippen LogP contribution is -2.45. The van der Waals surface area contributed by atoms with E-state index in [0.29, 0.717) is 13.2 Å². The van der Waals surface area contributed by atoms with Gasteiger partial charge in [-0.15, -0.1) is 0 Å². The summed E-state index contributed by atoms with van der Waals surface area (Å²) in [5.41, 5.74) is 1.06. The van der Waals surface area contributed by atoms with Gasteiger partial charge in [0, 0.05) is 12.5 Å². The topological polar surface area (TPSA) is 55.4 Å². The first-order valence-corrected chi connectivity index (χ1v) is 6.50. The minimum atomic E-state index is -0.599. The first kappa shape index (κ1) is 15.4. The van der Waals surface area contributed by atoms with Crippen LogP contribution in [0.1, 0.15) is 26.3 Å². The molecule has 0 spiro atoms. The lowest BCUT2D eigenvalue weighted by atomic mass is 9.97. The van der Waals surface area contributed by atoms with Crippen LogP contribution >= 0.6 is 0 Å². The Hall–Kier alpha value is -1.68. The molecule has 0 fully saturated rings. The predicted molar refractivity (Wildman–Crippen MR) is 73.5 cm³/mol. The maximum atomic E-state index is 11.9. The van der Waals surface area contributed by atoms with Crippen LogP contribution in [0.3, 0.4) is 0 Å². The molecule has 0 saturated carbocycles. The van der Waals surface area contributed by atoms with E-state index in [0.717, 1.165) is 5.56 Å². The van der Waals surface area contributed by atoms with Crippen molar-refractivity contribution in [2.75, 3.05) is 6.61 Å². The molecule has 104 valence electrons. The molecule has 0 aliphatic carbocycles. The van der Waals surface area contributed by atoms with Crippen molar-refractivity contribution in [1.82, 2.24) is 5.32 Å². The summed E-state index contributed by atoms with van der Waals surface area (Å²) in [7, 11) is 0. The zero-order valence-corrected chi connectivity index (χ0v) is 11.7. The van der Waals surface area contributed by atoms with Crippen LogP contribution in [0, 0.1) is 5.92 Å². The van der Waals surface area contributed by atoms with Crippen LogP contribution in [-0.2, 0) is 20.9 Å². The zero-order valence-electron chi connectivity index (χ0n) is 11.7. The van der Waals surface area contributed by atoms with Gasteiger partial charge in [0.25, 0.3) is 0 Å². The Morgan fingerprint density at radius 1 is 1.26 bits per heavy atom. The second-order valence-electron chi connectivity index (χ2n) is 4.50. The second kappa shape index (κ2) is 7.69. The van der Waals surface area contributed by atoms with Crippen molar-refractivity contribution in [3.05, 3.63) is 35.9 Å². The van der Waals surface area contributed by atoms with Crippen molar-refractivity contribution in [1.29, 1.82) is 0 Å². The first-order chi connectivity index (χ1) is 9.06. The molecule has 0 amide bonds.